The Morgan fingerprint density at radius 3 is 2.27 bits per heavy atom. The minimum Gasteiger partial charge on any atom is -0.490 e. The van der Waals surface area contributed by atoms with Crippen LogP contribution in [-0.2, 0) is 15.9 Å². The number of carbonyl (C=O) groups excluding carboxylic acids is 2. The second-order valence-corrected chi connectivity index (χ2v) is 11.4. The third-order valence-electron chi connectivity index (χ3n) is 5.51. The number of carbonyl (C=O) groups is 2. The van der Waals surface area contributed by atoms with E-state index in [9.17, 15) is 9.59 Å². The van der Waals surface area contributed by atoms with Gasteiger partial charge in [0.15, 0.2) is 5.65 Å². The zero-order chi connectivity index (χ0) is 28.9. The fourth-order valence-corrected chi connectivity index (χ4v) is 3.94. The van der Waals surface area contributed by atoms with E-state index in [1.54, 1.807) is 51.4 Å². The van der Waals surface area contributed by atoms with E-state index < -0.39 is 23.4 Å². The van der Waals surface area contributed by atoms with Gasteiger partial charge >= 0.3 is 12.2 Å². The van der Waals surface area contributed by atoms with Crippen molar-refractivity contribution in [3.63, 3.8) is 0 Å². The molecule has 10 heteroatoms. The first kappa shape index (κ1) is 28.5. The highest BCUT2D eigenvalue weighted by atomic mass is 16.6. The summed E-state index contributed by atoms with van der Waals surface area (Å²) in [6.07, 6.45) is 4.20. The number of amides is 1. The van der Waals surface area contributed by atoms with Crippen LogP contribution >= 0.6 is 0 Å². The van der Waals surface area contributed by atoms with Crippen LogP contribution in [0.1, 0.15) is 47.1 Å². The molecule has 1 atom stereocenters. The van der Waals surface area contributed by atoms with E-state index in [1.165, 1.54) is 6.20 Å². The van der Waals surface area contributed by atoms with E-state index >= 15 is 0 Å². The molecule has 0 saturated heterocycles. The second-order valence-electron chi connectivity index (χ2n) is 11.4. The topological polar surface area (TPSA) is 117 Å². The Labute approximate surface area is 233 Å². The van der Waals surface area contributed by atoms with Crippen molar-refractivity contribution < 1.29 is 23.8 Å². The quantitative estimate of drug-likeness (QED) is 0.310. The van der Waals surface area contributed by atoms with Crippen LogP contribution in [0.25, 0.3) is 22.3 Å². The molecule has 0 aliphatic heterocycles. The number of rotatable bonds is 7. The fraction of sp³-hybridized carbons (Fsp3) is 0.367. The maximum atomic E-state index is 12.9. The predicted octanol–water partition coefficient (Wildman–Crippen LogP) is 5.79. The fourth-order valence-electron chi connectivity index (χ4n) is 3.94. The van der Waals surface area contributed by atoms with Gasteiger partial charge in [0.25, 0.3) is 0 Å². The normalized spacial score (nSPS) is 12.6. The van der Waals surface area contributed by atoms with Gasteiger partial charge in [-0.05, 0) is 71.7 Å². The molecule has 0 spiro atoms. The third-order valence-corrected chi connectivity index (χ3v) is 5.51. The number of ether oxygens (including phenoxy) is 3. The van der Waals surface area contributed by atoms with Crippen molar-refractivity contribution in [2.24, 2.45) is 0 Å². The zero-order valence-corrected chi connectivity index (χ0v) is 23.7. The van der Waals surface area contributed by atoms with Crippen molar-refractivity contribution in [2.75, 3.05) is 6.61 Å². The Balaban J connectivity index is 1.62. The van der Waals surface area contributed by atoms with E-state index in [4.69, 9.17) is 14.2 Å². The van der Waals surface area contributed by atoms with Gasteiger partial charge in [0.05, 0.1) is 17.6 Å². The van der Waals surface area contributed by atoms with Gasteiger partial charge in [-0.25, -0.2) is 14.6 Å². The lowest BCUT2D eigenvalue weighted by Crippen LogP contribution is -2.43. The molecule has 4 aromatic rings. The van der Waals surface area contributed by atoms with Crippen LogP contribution in [0.2, 0.25) is 0 Å². The minimum atomic E-state index is -0.704. The Kier molecular flexibility index (Phi) is 8.37. The highest BCUT2D eigenvalue weighted by molar-refractivity contribution is 5.96. The summed E-state index contributed by atoms with van der Waals surface area (Å²) >= 11 is 0. The first-order chi connectivity index (χ1) is 18.9. The summed E-state index contributed by atoms with van der Waals surface area (Å²) in [4.78, 5) is 34.1. The Morgan fingerprint density at radius 2 is 1.62 bits per heavy atom. The molecule has 1 N–H and O–H groups in total. The van der Waals surface area contributed by atoms with Crippen molar-refractivity contribution in [3.8, 4) is 17.0 Å². The molecule has 0 fully saturated rings. The molecule has 3 aromatic heterocycles. The van der Waals surface area contributed by atoms with Crippen LogP contribution in [0.3, 0.4) is 0 Å². The summed E-state index contributed by atoms with van der Waals surface area (Å²) in [6.45, 7) is 11.0. The van der Waals surface area contributed by atoms with Gasteiger partial charge in [-0.3, -0.25) is 4.98 Å². The standard InChI is InChI=1S/C30H35N5O5/c1-29(2,3)39-27(36)33-22(16-20-10-8-7-9-11-20)19-38-23-17-24-25(21-12-14-31-15-13-21)34-35(26(24)32-18-23)28(37)40-30(4,5)6/h7-15,17-18,22H,16,19H2,1-6H3,(H,33,36)/t22-/m0/s1. The molecule has 10 nitrogen and oxygen atoms in total. The Bertz CT molecular complexity index is 1460. The number of benzene rings is 1. The maximum Gasteiger partial charge on any atom is 0.437 e. The average molecular weight is 546 g/mol. The zero-order valence-electron chi connectivity index (χ0n) is 23.7. The summed E-state index contributed by atoms with van der Waals surface area (Å²) in [6, 6.07) is 14.8. The van der Waals surface area contributed by atoms with Crippen molar-refractivity contribution in [3.05, 3.63) is 72.7 Å². The van der Waals surface area contributed by atoms with Gasteiger partial charge in [-0.2, -0.15) is 5.10 Å². The van der Waals surface area contributed by atoms with Crippen molar-refractivity contribution in [2.45, 2.75) is 65.2 Å². The van der Waals surface area contributed by atoms with Crippen LogP contribution in [0.15, 0.2) is 67.1 Å². The number of hydrogen-bond donors (Lipinski definition) is 1. The lowest BCUT2D eigenvalue weighted by atomic mass is 10.1. The van der Waals surface area contributed by atoms with Gasteiger partial charge in [-0.15, -0.1) is 4.68 Å². The number of fused-ring (bicyclic) bond motifs is 1. The molecule has 210 valence electrons. The summed E-state index contributed by atoms with van der Waals surface area (Å²) in [7, 11) is 0. The summed E-state index contributed by atoms with van der Waals surface area (Å²) in [5, 5.41) is 8.05. The first-order valence-electron chi connectivity index (χ1n) is 13.1. The van der Waals surface area contributed by atoms with Gasteiger partial charge in [-0.1, -0.05) is 30.3 Å². The largest absolute Gasteiger partial charge is 0.490 e. The predicted molar refractivity (Wildman–Crippen MR) is 151 cm³/mol. The third kappa shape index (κ3) is 7.78. The molecule has 0 aliphatic carbocycles. The van der Waals surface area contributed by atoms with Crippen LogP contribution in [0.5, 0.6) is 5.75 Å². The Morgan fingerprint density at radius 1 is 0.950 bits per heavy atom. The molecule has 0 radical (unpaired) electrons. The van der Waals surface area contributed by atoms with Crippen LogP contribution in [0, 0.1) is 0 Å². The lowest BCUT2D eigenvalue weighted by Gasteiger charge is -2.24. The first-order valence-corrected chi connectivity index (χ1v) is 13.1. The van der Waals surface area contributed by atoms with E-state index in [-0.39, 0.29) is 12.6 Å². The SMILES string of the molecule is CC(C)(C)OC(=O)N[C@H](COc1cnc2c(c1)c(-c1ccncc1)nn2C(=O)OC(C)(C)C)Cc1ccccc1. The smallest absolute Gasteiger partial charge is 0.437 e. The van der Waals surface area contributed by atoms with Gasteiger partial charge in [0, 0.05) is 18.0 Å². The Hall–Kier alpha value is -4.47. The van der Waals surface area contributed by atoms with Crippen LogP contribution in [-0.4, -0.2) is 55.8 Å². The minimum absolute atomic E-state index is 0.159. The number of aromatic nitrogens is 4. The van der Waals surface area contributed by atoms with E-state index in [0.29, 0.717) is 28.9 Å². The lowest BCUT2D eigenvalue weighted by molar-refractivity contribution is 0.0485. The molecular formula is C30H35N5O5. The summed E-state index contributed by atoms with van der Waals surface area (Å²) in [5.41, 5.74) is 1.34. The molecule has 3 heterocycles. The van der Waals surface area contributed by atoms with Crippen LogP contribution in [0.4, 0.5) is 9.59 Å². The molecule has 40 heavy (non-hydrogen) atoms. The summed E-state index contributed by atoms with van der Waals surface area (Å²) < 4.78 is 18.3. The van der Waals surface area contributed by atoms with Crippen LogP contribution < -0.4 is 10.1 Å². The molecule has 0 aliphatic rings. The van der Waals surface area contributed by atoms with E-state index in [1.807, 2.05) is 51.1 Å². The number of pyridine rings is 2. The highest BCUT2D eigenvalue weighted by Crippen LogP contribution is 2.30. The van der Waals surface area contributed by atoms with Crippen molar-refractivity contribution in [1.29, 1.82) is 0 Å². The van der Waals surface area contributed by atoms with Crippen molar-refractivity contribution >= 4 is 23.2 Å². The van der Waals surface area contributed by atoms with E-state index in [2.05, 4.69) is 20.4 Å². The average Bonchev–Trinajstić information content (AvgIpc) is 3.25. The number of nitrogens with one attached hydrogen (secondary N) is 1. The van der Waals surface area contributed by atoms with Gasteiger partial charge in [0.2, 0.25) is 0 Å². The number of hydrogen-bond acceptors (Lipinski definition) is 8. The monoisotopic (exact) mass is 545 g/mol. The maximum absolute atomic E-state index is 12.9. The molecule has 0 unspecified atom stereocenters. The molecular weight excluding hydrogens is 510 g/mol. The molecule has 4 rings (SSSR count). The number of nitrogens with zero attached hydrogens (tertiary/aromatic N) is 4. The molecule has 1 aromatic carbocycles. The summed E-state index contributed by atoms with van der Waals surface area (Å²) in [5.74, 6) is 0.454. The van der Waals surface area contributed by atoms with Gasteiger partial charge < -0.3 is 19.5 Å². The molecule has 0 saturated carbocycles. The molecule has 1 amide bonds. The second kappa shape index (κ2) is 11.7. The number of alkyl carbamates (subject to hydrolysis) is 1. The molecule has 0 bridgehead atoms. The van der Waals surface area contributed by atoms with E-state index in [0.717, 1.165) is 15.8 Å². The van der Waals surface area contributed by atoms with Gasteiger partial charge in [0.1, 0.15) is 29.3 Å². The van der Waals surface area contributed by atoms with Crippen molar-refractivity contribution in [1.82, 2.24) is 25.1 Å². The highest BCUT2D eigenvalue weighted by Gasteiger charge is 2.25.